The van der Waals surface area contributed by atoms with Gasteiger partial charge in [0.05, 0.1) is 0 Å². The van der Waals surface area contributed by atoms with E-state index in [4.69, 9.17) is 5.73 Å². The zero-order valence-corrected chi connectivity index (χ0v) is 13.5. The highest BCUT2D eigenvalue weighted by molar-refractivity contribution is 7.80. The highest BCUT2D eigenvalue weighted by Gasteiger charge is 2.16. The van der Waals surface area contributed by atoms with Crippen LogP contribution in [0.4, 0.5) is 0 Å². The summed E-state index contributed by atoms with van der Waals surface area (Å²) in [6, 6.07) is -0.814. The third-order valence-electron chi connectivity index (χ3n) is 3.20. The lowest BCUT2D eigenvalue weighted by molar-refractivity contribution is -0.160. The maximum atomic E-state index is 11.4. The minimum atomic E-state index is -0.814. The van der Waals surface area contributed by atoms with Crippen molar-refractivity contribution in [2.24, 2.45) is 5.73 Å². The van der Waals surface area contributed by atoms with E-state index in [-0.39, 0.29) is 5.75 Å². The molecule has 0 aromatic carbocycles. The van der Waals surface area contributed by atoms with Gasteiger partial charge in [0.2, 0.25) is 0 Å². The summed E-state index contributed by atoms with van der Waals surface area (Å²) in [5.41, 5.74) is 5.41. The van der Waals surface area contributed by atoms with E-state index in [1.54, 1.807) is 0 Å². The molecule has 118 valence electrons. The van der Waals surface area contributed by atoms with E-state index in [1.165, 1.54) is 38.5 Å². The zero-order chi connectivity index (χ0) is 15.2. The summed E-state index contributed by atoms with van der Waals surface area (Å²) in [6.45, 7) is 2.22. The first-order valence-corrected chi connectivity index (χ1v) is 8.36. The summed E-state index contributed by atoms with van der Waals surface area (Å²) in [5, 5.41) is 0. The molecule has 1 unspecified atom stereocenters. The Morgan fingerprint density at radius 3 is 2.00 bits per heavy atom. The molecule has 0 radical (unpaired) electrons. The number of ether oxygens (including phenoxy) is 1. The molecule has 0 spiro atoms. The lowest BCUT2D eigenvalue weighted by Crippen LogP contribution is -2.35. The molecule has 2 N–H and O–H groups in total. The second-order valence-corrected chi connectivity index (χ2v) is 5.53. The van der Waals surface area contributed by atoms with E-state index in [0.29, 0.717) is 6.42 Å². The minimum Gasteiger partial charge on any atom is -0.392 e. The molecule has 20 heavy (non-hydrogen) atoms. The van der Waals surface area contributed by atoms with Crippen molar-refractivity contribution in [3.05, 3.63) is 0 Å². The van der Waals surface area contributed by atoms with Crippen LogP contribution in [0.1, 0.15) is 71.1 Å². The SMILES string of the molecule is CCCCCCCCCCCC(=O)OC(=O)C(N)CS. The van der Waals surface area contributed by atoms with Gasteiger partial charge in [-0.25, -0.2) is 4.79 Å². The molecule has 0 heterocycles. The van der Waals surface area contributed by atoms with Gasteiger partial charge in [0.25, 0.3) is 0 Å². The second-order valence-electron chi connectivity index (χ2n) is 5.16. The van der Waals surface area contributed by atoms with E-state index in [2.05, 4.69) is 24.3 Å². The number of unbranched alkanes of at least 4 members (excludes halogenated alkanes) is 8. The predicted octanol–water partition coefficient (Wildman–Crippen LogP) is 3.23. The quantitative estimate of drug-likeness (QED) is 0.251. The molecule has 0 aliphatic carbocycles. The number of carbonyl (C=O) groups is 2. The van der Waals surface area contributed by atoms with Crippen molar-refractivity contribution in [1.29, 1.82) is 0 Å². The Bertz CT molecular complexity index is 272. The summed E-state index contributed by atoms with van der Waals surface area (Å²) < 4.78 is 4.62. The fraction of sp³-hybridized carbons (Fsp3) is 0.867. The number of esters is 2. The Hall–Kier alpha value is -0.550. The fourth-order valence-corrected chi connectivity index (χ4v) is 2.04. The topological polar surface area (TPSA) is 69.4 Å². The molecule has 0 fully saturated rings. The predicted molar refractivity (Wildman–Crippen MR) is 84.8 cm³/mol. The number of hydrogen-bond acceptors (Lipinski definition) is 5. The zero-order valence-electron chi connectivity index (χ0n) is 12.6. The fourth-order valence-electron chi connectivity index (χ4n) is 1.89. The maximum Gasteiger partial charge on any atom is 0.331 e. The largest absolute Gasteiger partial charge is 0.392 e. The van der Waals surface area contributed by atoms with Crippen molar-refractivity contribution >= 4 is 24.6 Å². The molecule has 0 amide bonds. The molecule has 0 saturated heterocycles. The molecule has 1 atom stereocenters. The van der Waals surface area contributed by atoms with Gasteiger partial charge in [-0.3, -0.25) is 4.79 Å². The number of rotatable bonds is 12. The molecule has 4 nitrogen and oxygen atoms in total. The van der Waals surface area contributed by atoms with Gasteiger partial charge in [0.15, 0.2) is 0 Å². The van der Waals surface area contributed by atoms with Crippen LogP contribution in [0.15, 0.2) is 0 Å². The summed E-state index contributed by atoms with van der Waals surface area (Å²) in [4.78, 5) is 22.6. The standard InChI is InChI=1S/C15H29NO3S/c1-2-3-4-5-6-7-8-9-10-11-14(17)19-15(18)13(16)12-20/h13,20H,2-12,16H2,1H3. The maximum absolute atomic E-state index is 11.4. The van der Waals surface area contributed by atoms with Crippen LogP contribution in [0, 0.1) is 0 Å². The first-order valence-electron chi connectivity index (χ1n) is 7.72. The first-order chi connectivity index (χ1) is 9.61. The van der Waals surface area contributed by atoms with Gasteiger partial charge in [0, 0.05) is 12.2 Å². The van der Waals surface area contributed by atoms with Crippen LogP contribution < -0.4 is 5.73 Å². The minimum absolute atomic E-state index is 0.185. The Labute approximate surface area is 128 Å². The van der Waals surface area contributed by atoms with Gasteiger partial charge in [-0.15, -0.1) is 0 Å². The first kappa shape index (κ1) is 19.4. The molecule has 0 aromatic heterocycles. The molecule has 0 aliphatic rings. The number of thiol groups is 1. The molecule has 0 saturated carbocycles. The smallest absolute Gasteiger partial charge is 0.331 e. The number of hydrogen-bond donors (Lipinski definition) is 2. The summed E-state index contributed by atoms with van der Waals surface area (Å²) >= 11 is 3.88. The van der Waals surface area contributed by atoms with Crippen molar-refractivity contribution in [2.75, 3.05) is 5.75 Å². The van der Waals surface area contributed by atoms with Gasteiger partial charge in [-0.2, -0.15) is 12.6 Å². The van der Waals surface area contributed by atoms with Crippen LogP contribution in [0.2, 0.25) is 0 Å². The molecular weight excluding hydrogens is 274 g/mol. The van der Waals surface area contributed by atoms with Gasteiger partial charge in [-0.1, -0.05) is 58.3 Å². The lowest BCUT2D eigenvalue weighted by Gasteiger charge is -2.07. The highest BCUT2D eigenvalue weighted by atomic mass is 32.1. The molecule has 0 aliphatic heterocycles. The van der Waals surface area contributed by atoms with Crippen molar-refractivity contribution in [1.82, 2.24) is 0 Å². The molecule has 0 bridgehead atoms. The second kappa shape index (κ2) is 13.4. The third-order valence-corrected chi connectivity index (χ3v) is 3.59. The van der Waals surface area contributed by atoms with Crippen LogP contribution >= 0.6 is 12.6 Å². The van der Waals surface area contributed by atoms with Crippen LogP contribution in [0.25, 0.3) is 0 Å². The van der Waals surface area contributed by atoms with Crippen molar-refractivity contribution in [3.8, 4) is 0 Å². The van der Waals surface area contributed by atoms with Crippen molar-refractivity contribution < 1.29 is 14.3 Å². The molecular formula is C15H29NO3S. The lowest BCUT2D eigenvalue weighted by atomic mass is 10.1. The average Bonchev–Trinajstić information content (AvgIpc) is 2.44. The van der Waals surface area contributed by atoms with Crippen molar-refractivity contribution in [2.45, 2.75) is 77.2 Å². The van der Waals surface area contributed by atoms with Crippen LogP contribution in [-0.2, 0) is 14.3 Å². The summed E-state index contributed by atoms with van der Waals surface area (Å²) in [5.74, 6) is -0.972. The molecule has 5 heteroatoms. The summed E-state index contributed by atoms with van der Waals surface area (Å²) in [6.07, 6.45) is 11.0. The van der Waals surface area contributed by atoms with E-state index < -0.39 is 18.0 Å². The monoisotopic (exact) mass is 303 g/mol. The Balaban J connectivity index is 3.38. The molecule has 0 aromatic rings. The third kappa shape index (κ3) is 11.3. The number of carbonyl (C=O) groups excluding carboxylic acids is 2. The van der Waals surface area contributed by atoms with E-state index in [0.717, 1.165) is 19.3 Å². The van der Waals surface area contributed by atoms with Gasteiger partial charge in [-0.05, 0) is 6.42 Å². The normalized spacial score (nSPS) is 12.2. The van der Waals surface area contributed by atoms with Crippen LogP contribution in [0.3, 0.4) is 0 Å². The van der Waals surface area contributed by atoms with Gasteiger partial charge >= 0.3 is 11.9 Å². The highest BCUT2D eigenvalue weighted by Crippen LogP contribution is 2.10. The Morgan fingerprint density at radius 1 is 1.00 bits per heavy atom. The van der Waals surface area contributed by atoms with E-state index in [1.807, 2.05) is 0 Å². The van der Waals surface area contributed by atoms with Crippen LogP contribution in [0.5, 0.6) is 0 Å². The van der Waals surface area contributed by atoms with Gasteiger partial charge in [0.1, 0.15) is 6.04 Å². The van der Waals surface area contributed by atoms with Gasteiger partial charge < -0.3 is 10.5 Å². The van der Waals surface area contributed by atoms with E-state index >= 15 is 0 Å². The van der Waals surface area contributed by atoms with Crippen molar-refractivity contribution in [3.63, 3.8) is 0 Å². The summed E-state index contributed by atoms with van der Waals surface area (Å²) in [7, 11) is 0. The Kier molecular flexibility index (Phi) is 13.1. The van der Waals surface area contributed by atoms with E-state index in [9.17, 15) is 9.59 Å². The molecule has 0 rings (SSSR count). The average molecular weight is 303 g/mol. The van der Waals surface area contributed by atoms with Crippen LogP contribution in [-0.4, -0.2) is 23.7 Å². The Morgan fingerprint density at radius 2 is 1.50 bits per heavy atom. The number of nitrogens with two attached hydrogens (primary N) is 1.